The van der Waals surface area contributed by atoms with Crippen LogP contribution in [0.4, 0.5) is 5.69 Å². The zero-order chi connectivity index (χ0) is 17.5. The second-order valence-corrected chi connectivity index (χ2v) is 5.75. The van der Waals surface area contributed by atoms with Gasteiger partial charge in [-0.3, -0.25) is 4.79 Å². The molecule has 1 aromatic carbocycles. The first-order chi connectivity index (χ1) is 11.5. The van der Waals surface area contributed by atoms with Crippen molar-refractivity contribution in [1.29, 1.82) is 0 Å². The molecule has 0 fully saturated rings. The second-order valence-electron chi connectivity index (χ2n) is 5.39. The van der Waals surface area contributed by atoms with Gasteiger partial charge in [0.15, 0.2) is 23.2 Å². The number of carbonyl (C=O) groups is 1. The highest BCUT2D eigenvalue weighted by Crippen LogP contribution is 2.27. The zero-order valence-electron chi connectivity index (χ0n) is 13.9. The average molecular weight is 351 g/mol. The molecule has 0 aliphatic carbocycles. The number of amides is 1. The van der Waals surface area contributed by atoms with Crippen molar-refractivity contribution in [3.05, 3.63) is 47.2 Å². The smallest absolute Gasteiger partial charge is 0.279 e. The van der Waals surface area contributed by atoms with Crippen molar-refractivity contribution >= 4 is 23.2 Å². The Hall–Kier alpha value is -2.31. The van der Waals surface area contributed by atoms with E-state index < -0.39 is 0 Å². The van der Waals surface area contributed by atoms with E-state index in [1.54, 1.807) is 32.5 Å². The molecule has 0 aliphatic heterocycles. The number of benzene rings is 1. The van der Waals surface area contributed by atoms with Crippen molar-refractivity contribution in [2.75, 3.05) is 33.1 Å². The van der Waals surface area contributed by atoms with Gasteiger partial charge in [-0.2, -0.15) is 0 Å². The molecule has 0 saturated heterocycles. The van der Waals surface area contributed by atoms with Gasteiger partial charge in [-0.1, -0.05) is 11.6 Å². The molecule has 0 radical (unpaired) electrons. The number of likely N-dealkylation sites (N-methyl/N-ethyl adjacent to an activating group) is 1. The molecule has 2 rings (SSSR count). The van der Waals surface area contributed by atoms with Gasteiger partial charge in [0.25, 0.3) is 5.91 Å². The number of anilines is 1. The molecular formula is C17H21ClN3O3+. The number of hydrogen-bond donors (Lipinski definition) is 2. The molecule has 2 aromatic rings. The van der Waals surface area contributed by atoms with Crippen LogP contribution in [0.15, 0.2) is 36.5 Å². The third kappa shape index (κ3) is 4.84. The maximum Gasteiger partial charge on any atom is 0.279 e. The van der Waals surface area contributed by atoms with Gasteiger partial charge in [0.1, 0.15) is 6.54 Å². The monoisotopic (exact) mass is 350 g/mol. The van der Waals surface area contributed by atoms with Crippen LogP contribution in [0.1, 0.15) is 5.56 Å². The first kappa shape index (κ1) is 18.0. The van der Waals surface area contributed by atoms with E-state index in [-0.39, 0.29) is 11.1 Å². The number of ether oxygens (including phenoxy) is 2. The summed E-state index contributed by atoms with van der Waals surface area (Å²) in [6, 6.07) is 9.18. The normalized spacial score (nSPS) is 11.7. The fourth-order valence-corrected chi connectivity index (χ4v) is 2.52. The molecule has 1 aromatic heterocycles. The van der Waals surface area contributed by atoms with Crippen LogP contribution in [-0.2, 0) is 11.3 Å². The Morgan fingerprint density at radius 2 is 2.00 bits per heavy atom. The van der Waals surface area contributed by atoms with E-state index in [4.69, 9.17) is 21.1 Å². The summed E-state index contributed by atoms with van der Waals surface area (Å²) in [6.07, 6.45) is 1.58. The first-order valence-electron chi connectivity index (χ1n) is 7.46. The maximum atomic E-state index is 12.1. The van der Waals surface area contributed by atoms with E-state index in [2.05, 4.69) is 10.3 Å². The van der Waals surface area contributed by atoms with Gasteiger partial charge < -0.3 is 19.7 Å². The number of rotatable bonds is 7. The minimum Gasteiger partial charge on any atom is -0.493 e. The van der Waals surface area contributed by atoms with E-state index in [9.17, 15) is 4.79 Å². The van der Waals surface area contributed by atoms with Crippen molar-refractivity contribution in [3.63, 3.8) is 0 Å². The van der Waals surface area contributed by atoms with E-state index in [0.29, 0.717) is 30.3 Å². The number of carbonyl (C=O) groups excluding carboxylic acids is 1. The third-order valence-corrected chi connectivity index (χ3v) is 3.75. The molecular weight excluding hydrogens is 330 g/mol. The van der Waals surface area contributed by atoms with Gasteiger partial charge in [0.2, 0.25) is 0 Å². The Morgan fingerprint density at radius 3 is 2.67 bits per heavy atom. The Kier molecular flexibility index (Phi) is 6.40. The molecule has 128 valence electrons. The number of methoxy groups -OCH3 is 2. The van der Waals surface area contributed by atoms with Gasteiger partial charge in [-0.25, -0.2) is 4.98 Å². The lowest BCUT2D eigenvalue weighted by Crippen LogP contribution is -3.08. The van der Waals surface area contributed by atoms with Crippen LogP contribution in [-0.4, -0.2) is 38.7 Å². The Morgan fingerprint density at radius 1 is 1.25 bits per heavy atom. The van der Waals surface area contributed by atoms with Crippen molar-refractivity contribution in [2.24, 2.45) is 0 Å². The molecule has 0 bridgehead atoms. The molecule has 1 unspecified atom stereocenters. The standard InChI is InChI=1S/C17H20ClN3O3/c1-21(10-12-6-7-14(23-2)15(9-12)24-3)11-16(22)20-13-5-4-8-19-17(13)18/h4-9H,10-11H2,1-3H3,(H,20,22)/p+1. The first-order valence-corrected chi connectivity index (χ1v) is 7.84. The molecule has 0 spiro atoms. The van der Waals surface area contributed by atoms with Crippen LogP contribution in [0.5, 0.6) is 11.5 Å². The minimum absolute atomic E-state index is 0.122. The lowest BCUT2D eigenvalue weighted by atomic mass is 10.2. The highest BCUT2D eigenvalue weighted by atomic mass is 35.5. The molecule has 1 heterocycles. The summed E-state index contributed by atoms with van der Waals surface area (Å²) in [6.45, 7) is 0.980. The fourth-order valence-electron chi connectivity index (χ4n) is 2.35. The molecule has 24 heavy (non-hydrogen) atoms. The Labute approximate surface area is 146 Å². The van der Waals surface area contributed by atoms with Crippen LogP contribution < -0.4 is 19.7 Å². The van der Waals surface area contributed by atoms with Crippen molar-refractivity contribution in [1.82, 2.24) is 4.98 Å². The fraction of sp³-hybridized carbons (Fsp3) is 0.294. The number of halogens is 1. The predicted octanol–water partition coefficient (Wildman–Crippen LogP) is 1.41. The van der Waals surface area contributed by atoms with Gasteiger partial charge in [0.05, 0.1) is 27.0 Å². The lowest BCUT2D eigenvalue weighted by molar-refractivity contribution is -0.885. The Bertz CT molecular complexity index is 709. The third-order valence-electron chi connectivity index (χ3n) is 3.45. The highest BCUT2D eigenvalue weighted by Gasteiger charge is 2.14. The lowest BCUT2D eigenvalue weighted by Gasteiger charge is -2.15. The molecule has 1 amide bonds. The van der Waals surface area contributed by atoms with Gasteiger partial charge in [-0.15, -0.1) is 0 Å². The van der Waals surface area contributed by atoms with E-state index in [1.807, 2.05) is 25.2 Å². The minimum atomic E-state index is -0.122. The van der Waals surface area contributed by atoms with Gasteiger partial charge in [-0.05, 0) is 30.3 Å². The van der Waals surface area contributed by atoms with Gasteiger partial charge >= 0.3 is 0 Å². The van der Waals surface area contributed by atoms with Crippen molar-refractivity contribution in [3.8, 4) is 11.5 Å². The topological polar surface area (TPSA) is 64.9 Å². The van der Waals surface area contributed by atoms with Crippen LogP contribution in [0.3, 0.4) is 0 Å². The van der Waals surface area contributed by atoms with Crippen LogP contribution in [0.25, 0.3) is 0 Å². The molecule has 1 atom stereocenters. The van der Waals surface area contributed by atoms with E-state index >= 15 is 0 Å². The van der Waals surface area contributed by atoms with Crippen LogP contribution in [0.2, 0.25) is 5.15 Å². The Balaban J connectivity index is 1.94. The molecule has 0 aliphatic rings. The SMILES string of the molecule is COc1ccc(C[NH+](C)CC(=O)Nc2cccnc2Cl)cc1OC. The summed E-state index contributed by atoms with van der Waals surface area (Å²) >= 11 is 5.94. The van der Waals surface area contributed by atoms with E-state index in [0.717, 1.165) is 10.5 Å². The highest BCUT2D eigenvalue weighted by molar-refractivity contribution is 6.32. The quantitative estimate of drug-likeness (QED) is 0.741. The number of quaternary nitrogens is 1. The number of pyridine rings is 1. The molecule has 7 heteroatoms. The number of hydrogen-bond acceptors (Lipinski definition) is 4. The van der Waals surface area contributed by atoms with Crippen LogP contribution in [0, 0.1) is 0 Å². The summed E-state index contributed by atoms with van der Waals surface area (Å²) < 4.78 is 10.5. The van der Waals surface area contributed by atoms with Gasteiger partial charge in [0, 0.05) is 11.8 Å². The summed E-state index contributed by atoms with van der Waals surface area (Å²) in [4.78, 5) is 17.1. The second kappa shape index (κ2) is 8.52. The largest absolute Gasteiger partial charge is 0.493 e. The van der Waals surface area contributed by atoms with E-state index in [1.165, 1.54) is 0 Å². The molecule has 2 N–H and O–H groups in total. The summed E-state index contributed by atoms with van der Waals surface area (Å²) in [7, 11) is 5.15. The summed E-state index contributed by atoms with van der Waals surface area (Å²) in [5, 5.41) is 3.05. The number of nitrogens with zero attached hydrogens (tertiary/aromatic N) is 1. The zero-order valence-corrected chi connectivity index (χ0v) is 14.7. The van der Waals surface area contributed by atoms with Crippen molar-refractivity contribution < 1.29 is 19.2 Å². The molecule has 6 nitrogen and oxygen atoms in total. The summed E-state index contributed by atoms with van der Waals surface area (Å²) in [5.41, 5.74) is 1.57. The maximum absolute atomic E-state index is 12.1. The predicted molar refractivity (Wildman–Crippen MR) is 92.9 cm³/mol. The number of nitrogens with one attached hydrogen (secondary N) is 2. The average Bonchev–Trinajstić information content (AvgIpc) is 2.56. The van der Waals surface area contributed by atoms with Crippen LogP contribution >= 0.6 is 11.6 Å². The molecule has 0 saturated carbocycles. The van der Waals surface area contributed by atoms with Crippen molar-refractivity contribution in [2.45, 2.75) is 6.54 Å². The number of aromatic nitrogens is 1. The summed E-state index contributed by atoms with van der Waals surface area (Å²) in [5.74, 6) is 1.24.